The fourth-order valence-electron chi connectivity index (χ4n) is 1.23. The molecule has 0 bridgehead atoms. The monoisotopic (exact) mass is 292 g/mol. The van der Waals surface area contributed by atoms with Crippen molar-refractivity contribution in [2.75, 3.05) is 26.4 Å². The molecule has 0 atom stereocenters. The van der Waals surface area contributed by atoms with Crippen LogP contribution in [0.4, 0.5) is 0 Å². The van der Waals surface area contributed by atoms with E-state index in [1.165, 1.54) is 0 Å². The molecule has 0 heterocycles. The van der Waals surface area contributed by atoms with Gasteiger partial charge in [0.1, 0.15) is 0 Å². The van der Waals surface area contributed by atoms with Gasteiger partial charge in [-0.2, -0.15) is 0 Å². The quantitative estimate of drug-likeness (QED) is 0.546. The molecular weight excluding hydrogens is 260 g/mol. The van der Waals surface area contributed by atoms with Crippen molar-refractivity contribution in [3.05, 3.63) is 0 Å². The van der Waals surface area contributed by atoms with E-state index in [0.29, 0.717) is 44.2 Å². The second kappa shape index (κ2) is 9.88. The Labute approximate surface area is 120 Å². The topological polar surface area (TPSA) is 36.9 Å². The smallest absolute Gasteiger partial charge is 0.351 e. The molecule has 0 saturated carbocycles. The molecule has 0 N–H and O–H groups in total. The summed E-state index contributed by atoms with van der Waals surface area (Å²) in [5.41, 5.74) is 0. The van der Waals surface area contributed by atoms with Crippen LogP contribution < -0.4 is 0 Å². The first-order valence-electron chi connectivity index (χ1n) is 7.37. The van der Waals surface area contributed by atoms with Crippen molar-refractivity contribution in [2.45, 2.75) is 48.5 Å². The lowest BCUT2D eigenvalue weighted by Gasteiger charge is -2.29. The lowest BCUT2D eigenvalue weighted by molar-refractivity contribution is -0.0463. The van der Waals surface area contributed by atoms with Crippen LogP contribution in [0.25, 0.3) is 0 Å². The first-order chi connectivity index (χ1) is 8.81. The van der Waals surface area contributed by atoms with Gasteiger partial charge in [0.25, 0.3) is 0 Å². The highest BCUT2D eigenvalue weighted by molar-refractivity contribution is 6.53. The molecule has 0 saturated heterocycles. The van der Waals surface area contributed by atoms with E-state index in [1.54, 1.807) is 0 Å². The van der Waals surface area contributed by atoms with Gasteiger partial charge >= 0.3 is 9.05 Å². The van der Waals surface area contributed by atoms with Crippen LogP contribution in [0.2, 0.25) is 0 Å². The summed E-state index contributed by atoms with van der Waals surface area (Å²) >= 11 is 0. The van der Waals surface area contributed by atoms with Crippen molar-refractivity contribution >= 4 is 9.05 Å². The van der Waals surface area contributed by atoms with E-state index in [0.717, 1.165) is 0 Å². The molecule has 0 spiro atoms. The van der Waals surface area contributed by atoms with Gasteiger partial charge in [-0.3, -0.25) is 0 Å². The van der Waals surface area contributed by atoms with Crippen molar-refractivity contribution in [3.8, 4) is 0 Å². The normalized spacial score (nSPS) is 12.9. The fourth-order valence-corrected chi connectivity index (χ4v) is 3.70. The van der Waals surface area contributed by atoms with Crippen LogP contribution in [-0.4, -0.2) is 35.5 Å². The van der Waals surface area contributed by atoms with Crippen LogP contribution in [0, 0.1) is 17.8 Å². The Bertz CT molecular complexity index is 188. The molecule has 116 valence electrons. The predicted octanol–water partition coefficient (Wildman–Crippen LogP) is 3.48. The summed E-state index contributed by atoms with van der Waals surface area (Å²) in [6.07, 6.45) is 0. The Kier molecular flexibility index (Phi) is 9.91. The van der Waals surface area contributed by atoms with Crippen LogP contribution in [0.15, 0.2) is 0 Å². The first kappa shape index (κ1) is 19.1. The molecule has 19 heavy (non-hydrogen) atoms. The fraction of sp³-hybridized carbons (Fsp3) is 1.00. The van der Waals surface area contributed by atoms with Crippen LogP contribution in [0.3, 0.4) is 0 Å². The minimum absolute atomic E-state index is 0.428. The van der Waals surface area contributed by atoms with Crippen LogP contribution in [0.1, 0.15) is 48.5 Å². The van der Waals surface area contributed by atoms with Gasteiger partial charge in [0.15, 0.2) is 0 Å². The summed E-state index contributed by atoms with van der Waals surface area (Å²) in [7, 11) is -2.98. The lowest BCUT2D eigenvalue weighted by Crippen LogP contribution is -2.51. The molecule has 0 amide bonds. The Morgan fingerprint density at radius 3 is 1.16 bits per heavy atom. The zero-order valence-electron chi connectivity index (χ0n) is 13.7. The Hall–Kier alpha value is 0.0569. The summed E-state index contributed by atoms with van der Waals surface area (Å²) in [4.78, 5) is 0. The van der Waals surface area contributed by atoms with Gasteiger partial charge < -0.3 is 17.7 Å². The molecule has 0 unspecified atom stereocenters. The van der Waals surface area contributed by atoms with Crippen molar-refractivity contribution in [1.82, 2.24) is 0 Å². The third-order valence-corrected chi connectivity index (χ3v) is 4.30. The second-order valence-corrected chi connectivity index (χ2v) is 8.20. The standard InChI is InChI=1S/C14H32O4Si/c1-8-15-19(16-9-12(2)3,17-10-13(4)5)18-11-14(6)7/h12-14H,8-11H2,1-7H3. The van der Waals surface area contributed by atoms with Crippen molar-refractivity contribution in [3.63, 3.8) is 0 Å². The third kappa shape index (κ3) is 9.57. The SMILES string of the molecule is CCO[Si](OCC(C)C)(OCC(C)C)OCC(C)C. The minimum Gasteiger partial charge on any atom is -0.351 e. The van der Waals surface area contributed by atoms with Crippen molar-refractivity contribution in [2.24, 2.45) is 17.8 Å². The van der Waals surface area contributed by atoms with E-state index in [2.05, 4.69) is 41.5 Å². The molecule has 0 rings (SSSR count). The van der Waals surface area contributed by atoms with E-state index in [4.69, 9.17) is 17.7 Å². The number of rotatable bonds is 11. The maximum atomic E-state index is 5.90. The second-order valence-electron chi connectivity index (χ2n) is 6.05. The summed E-state index contributed by atoms with van der Waals surface area (Å²) in [5.74, 6) is 1.29. The molecule has 0 aliphatic rings. The van der Waals surface area contributed by atoms with Crippen molar-refractivity contribution < 1.29 is 17.7 Å². The van der Waals surface area contributed by atoms with E-state index in [1.807, 2.05) is 6.92 Å². The van der Waals surface area contributed by atoms with Crippen LogP contribution in [0.5, 0.6) is 0 Å². The Balaban J connectivity index is 4.65. The van der Waals surface area contributed by atoms with Gasteiger partial charge in [-0.1, -0.05) is 41.5 Å². The van der Waals surface area contributed by atoms with Gasteiger partial charge in [0.2, 0.25) is 0 Å². The van der Waals surface area contributed by atoms with Gasteiger partial charge in [0.05, 0.1) is 0 Å². The molecular formula is C14H32O4Si. The van der Waals surface area contributed by atoms with Gasteiger partial charge in [-0.15, -0.1) is 0 Å². The van der Waals surface area contributed by atoms with Gasteiger partial charge in [-0.05, 0) is 24.7 Å². The molecule has 0 aliphatic carbocycles. The number of hydrogen-bond donors (Lipinski definition) is 0. The molecule has 5 heteroatoms. The largest absolute Gasteiger partial charge is 0.679 e. The van der Waals surface area contributed by atoms with Crippen LogP contribution >= 0.6 is 0 Å². The average molecular weight is 292 g/mol. The maximum absolute atomic E-state index is 5.90. The van der Waals surface area contributed by atoms with E-state index in [9.17, 15) is 0 Å². The predicted molar refractivity (Wildman–Crippen MR) is 79.8 cm³/mol. The summed E-state index contributed by atoms with van der Waals surface area (Å²) in [5, 5.41) is 0. The third-order valence-electron chi connectivity index (χ3n) is 2.10. The molecule has 0 aromatic heterocycles. The van der Waals surface area contributed by atoms with Gasteiger partial charge in [0, 0.05) is 26.4 Å². The molecule has 0 aliphatic heterocycles. The van der Waals surface area contributed by atoms with E-state index in [-0.39, 0.29) is 0 Å². The maximum Gasteiger partial charge on any atom is 0.679 e. The highest BCUT2D eigenvalue weighted by atomic mass is 28.4. The van der Waals surface area contributed by atoms with Crippen LogP contribution in [-0.2, 0) is 17.7 Å². The molecule has 0 aromatic rings. The first-order valence-corrected chi connectivity index (χ1v) is 9.00. The van der Waals surface area contributed by atoms with E-state index >= 15 is 0 Å². The summed E-state index contributed by atoms with van der Waals surface area (Å²) in [6.45, 7) is 16.9. The molecule has 0 aromatic carbocycles. The summed E-state index contributed by atoms with van der Waals surface area (Å²) in [6, 6.07) is 0. The number of hydrogen-bond acceptors (Lipinski definition) is 4. The molecule has 0 radical (unpaired) electrons. The average Bonchev–Trinajstić information content (AvgIpc) is 2.31. The zero-order valence-corrected chi connectivity index (χ0v) is 14.7. The highest BCUT2D eigenvalue weighted by Crippen LogP contribution is 2.16. The Morgan fingerprint density at radius 1 is 0.632 bits per heavy atom. The molecule has 0 fully saturated rings. The minimum atomic E-state index is -2.98. The van der Waals surface area contributed by atoms with E-state index < -0.39 is 9.05 Å². The zero-order chi connectivity index (χ0) is 14.9. The molecule has 4 nitrogen and oxygen atoms in total. The van der Waals surface area contributed by atoms with Crippen molar-refractivity contribution in [1.29, 1.82) is 0 Å². The Morgan fingerprint density at radius 2 is 0.947 bits per heavy atom. The lowest BCUT2D eigenvalue weighted by atomic mass is 10.2. The summed E-state index contributed by atoms with van der Waals surface area (Å²) < 4.78 is 23.5. The van der Waals surface area contributed by atoms with Gasteiger partial charge in [-0.25, -0.2) is 0 Å². The highest BCUT2D eigenvalue weighted by Gasteiger charge is 2.46.